The molecule has 0 radical (unpaired) electrons. The van der Waals surface area contributed by atoms with E-state index < -0.39 is 17.8 Å². The fourth-order valence-electron chi connectivity index (χ4n) is 3.45. The topological polar surface area (TPSA) is 125 Å². The minimum Gasteiger partial charge on any atom is -0.487 e. The Morgan fingerprint density at radius 1 is 1.11 bits per heavy atom. The van der Waals surface area contributed by atoms with Gasteiger partial charge in [0, 0.05) is 23.9 Å². The van der Waals surface area contributed by atoms with Crippen LogP contribution in [-0.4, -0.2) is 23.6 Å². The number of hydrogen-bond donors (Lipinski definition) is 3. The van der Waals surface area contributed by atoms with E-state index in [2.05, 4.69) is 31.6 Å². The number of nitrogens with one attached hydrogen (secondary N) is 2. The average molecular weight is 547 g/mol. The zero-order valence-corrected chi connectivity index (χ0v) is 20.9. The molecule has 0 bridgehead atoms. The van der Waals surface area contributed by atoms with E-state index in [1.54, 1.807) is 37.3 Å². The van der Waals surface area contributed by atoms with Crippen LogP contribution in [0.3, 0.4) is 0 Å². The first-order valence-corrected chi connectivity index (χ1v) is 11.2. The number of hydrogen-bond acceptors (Lipinski definition) is 5. The number of aryl methyl sites for hydroxylation is 2. The molecule has 3 amide bonds. The van der Waals surface area contributed by atoms with Crippen molar-refractivity contribution in [1.29, 1.82) is 0 Å². The van der Waals surface area contributed by atoms with Gasteiger partial charge in [0.15, 0.2) is 0 Å². The third kappa shape index (κ3) is 6.06. The summed E-state index contributed by atoms with van der Waals surface area (Å²) >= 11 is 3.32. The second kappa shape index (κ2) is 11.2. The summed E-state index contributed by atoms with van der Waals surface area (Å²) in [6.07, 6.45) is 0. The van der Waals surface area contributed by atoms with Gasteiger partial charge in [-0.05, 0) is 70.7 Å². The number of hydroxylamine groups is 1. The quantitative estimate of drug-likeness (QED) is 0.373. The highest BCUT2D eigenvalue weighted by atomic mass is 79.9. The van der Waals surface area contributed by atoms with Crippen LogP contribution in [0.2, 0.25) is 0 Å². The van der Waals surface area contributed by atoms with E-state index in [0.29, 0.717) is 22.5 Å². The molecule has 0 fully saturated rings. The number of carbonyl (C=O) groups excluding carboxylic acids is 2. The molecule has 35 heavy (non-hydrogen) atoms. The van der Waals surface area contributed by atoms with Crippen LogP contribution in [0.25, 0.3) is 5.69 Å². The monoisotopic (exact) mass is 546 g/mol. The summed E-state index contributed by atoms with van der Waals surface area (Å²) in [5.41, 5.74) is 10.4. The molecule has 0 saturated heterocycles. The number of amides is 3. The number of nitrogens with two attached hydrogens (primary N) is 1. The standard InChI is InChI=1S/C24H24BrFN4O5/c1-13-4-5-15(22(27)31)10-19(13)30-14(2)8-20(21(25)23(30)32)35-12-16-6-7-18(26)9-17(16)11-28-24(33)29-34-3/h4-10H,11-12H2,1-3H3,(H2,27,31)(H2,28,29,33). The molecular formula is C24H24BrFN4O5. The van der Waals surface area contributed by atoms with Gasteiger partial charge < -0.3 is 15.8 Å². The maximum Gasteiger partial charge on any atom is 0.338 e. The molecule has 0 spiro atoms. The Labute approximate surface area is 209 Å². The highest BCUT2D eigenvalue weighted by Gasteiger charge is 2.17. The van der Waals surface area contributed by atoms with Crippen LogP contribution in [-0.2, 0) is 18.0 Å². The molecular weight excluding hydrogens is 523 g/mol. The van der Waals surface area contributed by atoms with Crippen molar-refractivity contribution in [1.82, 2.24) is 15.4 Å². The minimum absolute atomic E-state index is 0.0148. The normalized spacial score (nSPS) is 10.7. The molecule has 4 N–H and O–H groups in total. The lowest BCUT2D eigenvalue weighted by Crippen LogP contribution is -2.34. The largest absolute Gasteiger partial charge is 0.487 e. The number of pyridine rings is 1. The van der Waals surface area contributed by atoms with Crippen molar-refractivity contribution < 1.29 is 23.6 Å². The number of urea groups is 1. The maximum atomic E-state index is 13.8. The van der Waals surface area contributed by atoms with Crippen LogP contribution < -0.4 is 26.8 Å². The number of nitrogens with zero attached hydrogens (tertiary/aromatic N) is 1. The zero-order chi connectivity index (χ0) is 25.7. The zero-order valence-electron chi connectivity index (χ0n) is 19.3. The molecule has 0 aliphatic rings. The first-order valence-electron chi connectivity index (χ1n) is 10.4. The fraction of sp³-hybridized carbons (Fsp3) is 0.208. The van der Waals surface area contributed by atoms with Crippen molar-refractivity contribution in [3.8, 4) is 11.4 Å². The first-order chi connectivity index (χ1) is 16.6. The van der Waals surface area contributed by atoms with Crippen LogP contribution in [0.5, 0.6) is 5.75 Å². The molecule has 2 aromatic carbocycles. The van der Waals surface area contributed by atoms with E-state index in [0.717, 1.165) is 5.56 Å². The highest BCUT2D eigenvalue weighted by Crippen LogP contribution is 2.27. The lowest BCUT2D eigenvalue weighted by Gasteiger charge is -2.17. The van der Waals surface area contributed by atoms with Gasteiger partial charge >= 0.3 is 6.03 Å². The van der Waals surface area contributed by atoms with Crippen molar-refractivity contribution in [2.75, 3.05) is 7.11 Å². The van der Waals surface area contributed by atoms with E-state index in [-0.39, 0.29) is 34.5 Å². The summed E-state index contributed by atoms with van der Waals surface area (Å²) in [6, 6.07) is 10.1. The molecule has 11 heteroatoms. The Bertz CT molecular complexity index is 1340. The second-order valence-electron chi connectivity index (χ2n) is 7.66. The van der Waals surface area contributed by atoms with Gasteiger partial charge in [0.2, 0.25) is 5.91 Å². The third-order valence-corrected chi connectivity index (χ3v) is 5.95. The summed E-state index contributed by atoms with van der Waals surface area (Å²) in [5.74, 6) is -0.779. The number of benzene rings is 2. The van der Waals surface area contributed by atoms with E-state index in [9.17, 15) is 18.8 Å². The molecule has 1 heterocycles. The van der Waals surface area contributed by atoms with Crippen molar-refractivity contribution in [3.05, 3.63) is 91.1 Å². The van der Waals surface area contributed by atoms with Gasteiger partial charge in [-0.3, -0.25) is 19.0 Å². The number of rotatable bonds is 8. The Morgan fingerprint density at radius 2 is 1.86 bits per heavy atom. The number of aromatic nitrogens is 1. The van der Waals surface area contributed by atoms with Crippen LogP contribution in [0.15, 0.2) is 51.7 Å². The first kappa shape index (κ1) is 25.9. The Morgan fingerprint density at radius 3 is 2.54 bits per heavy atom. The summed E-state index contributed by atoms with van der Waals surface area (Å²) in [7, 11) is 1.30. The summed E-state index contributed by atoms with van der Waals surface area (Å²) in [4.78, 5) is 41.0. The van der Waals surface area contributed by atoms with Crippen LogP contribution >= 0.6 is 15.9 Å². The van der Waals surface area contributed by atoms with Gasteiger partial charge in [0.1, 0.15) is 22.6 Å². The number of carbonyl (C=O) groups is 2. The van der Waals surface area contributed by atoms with Crippen molar-refractivity contribution in [2.24, 2.45) is 5.73 Å². The van der Waals surface area contributed by atoms with E-state index >= 15 is 0 Å². The van der Waals surface area contributed by atoms with Crippen LogP contribution in [0.4, 0.5) is 9.18 Å². The van der Waals surface area contributed by atoms with Crippen molar-refractivity contribution in [3.63, 3.8) is 0 Å². The van der Waals surface area contributed by atoms with Gasteiger partial charge in [-0.15, -0.1) is 0 Å². The molecule has 0 saturated carbocycles. The van der Waals surface area contributed by atoms with Crippen LogP contribution in [0.1, 0.15) is 32.7 Å². The smallest absolute Gasteiger partial charge is 0.338 e. The molecule has 3 aromatic rings. The molecule has 0 unspecified atom stereocenters. The predicted octanol–water partition coefficient (Wildman–Crippen LogP) is 3.39. The molecule has 0 aliphatic carbocycles. The Kier molecular flexibility index (Phi) is 8.26. The van der Waals surface area contributed by atoms with Gasteiger partial charge in [-0.2, -0.15) is 0 Å². The lowest BCUT2D eigenvalue weighted by molar-refractivity contribution is 0.1000. The second-order valence-corrected chi connectivity index (χ2v) is 8.45. The number of primary amides is 1. The Balaban J connectivity index is 1.89. The Hall–Kier alpha value is -3.70. The minimum atomic E-state index is -0.597. The van der Waals surface area contributed by atoms with E-state index in [1.165, 1.54) is 23.8 Å². The molecule has 9 nitrogen and oxygen atoms in total. The van der Waals surface area contributed by atoms with E-state index in [4.69, 9.17) is 10.5 Å². The SMILES string of the molecule is CONC(=O)NCc1cc(F)ccc1COc1cc(C)n(-c2cc(C(N)=O)ccc2C)c(=O)c1Br. The fourth-order valence-corrected chi connectivity index (χ4v) is 3.86. The summed E-state index contributed by atoms with van der Waals surface area (Å²) < 4.78 is 21.3. The number of halogens is 2. The summed E-state index contributed by atoms with van der Waals surface area (Å²) in [6.45, 7) is 3.60. The van der Waals surface area contributed by atoms with Crippen molar-refractivity contribution >= 4 is 27.9 Å². The van der Waals surface area contributed by atoms with Gasteiger partial charge in [0.05, 0.1) is 12.8 Å². The molecule has 1 aromatic heterocycles. The van der Waals surface area contributed by atoms with Crippen LogP contribution in [0, 0.1) is 19.7 Å². The molecule has 0 atom stereocenters. The van der Waals surface area contributed by atoms with Gasteiger partial charge in [-0.25, -0.2) is 14.7 Å². The molecule has 184 valence electrons. The number of ether oxygens (including phenoxy) is 1. The molecule has 3 rings (SSSR count). The predicted molar refractivity (Wildman–Crippen MR) is 131 cm³/mol. The molecule has 0 aliphatic heterocycles. The summed E-state index contributed by atoms with van der Waals surface area (Å²) in [5, 5.41) is 2.55. The van der Waals surface area contributed by atoms with Crippen molar-refractivity contribution in [2.45, 2.75) is 27.0 Å². The maximum absolute atomic E-state index is 13.8. The highest BCUT2D eigenvalue weighted by molar-refractivity contribution is 9.10. The average Bonchev–Trinajstić information content (AvgIpc) is 2.81. The lowest BCUT2D eigenvalue weighted by atomic mass is 10.1. The van der Waals surface area contributed by atoms with Gasteiger partial charge in [0.25, 0.3) is 5.56 Å². The van der Waals surface area contributed by atoms with E-state index in [1.807, 2.05) is 6.92 Å². The van der Waals surface area contributed by atoms with Gasteiger partial charge in [-0.1, -0.05) is 12.1 Å². The third-order valence-electron chi connectivity index (χ3n) is 5.22.